The summed E-state index contributed by atoms with van der Waals surface area (Å²) < 4.78 is 38.3. The van der Waals surface area contributed by atoms with Crippen LogP contribution in [-0.2, 0) is 43.2 Å². The fourth-order valence-electron chi connectivity index (χ4n) is 3.70. The molecule has 3 aromatic rings. The number of rotatable bonds is 12. The monoisotopic (exact) mass is 591 g/mol. The Hall–Kier alpha value is -2.93. The van der Waals surface area contributed by atoms with E-state index in [0.29, 0.717) is 12.1 Å². The molecule has 1 aromatic heterocycles. The SMILES string of the molecule is COC(=O)[C@@H](Cc1ccccc1)C(=O)N[C@@H](Cc1ccc(NS(=O)(=O)O)cc1)c1csc(CSC(C)(C)C)n1. The summed E-state index contributed by atoms with van der Waals surface area (Å²) in [5.74, 6) is -1.42. The van der Waals surface area contributed by atoms with E-state index in [-0.39, 0.29) is 16.9 Å². The molecule has 210 valence electrons. The maximum Gasteiger partial charge on any atom is 0.357 e. The summed E-state index contributed by atoms with van der Waals surface area (Å²) in [7, 11) is -3.14. The molecule has 2 atom stereocenters. The van der Waals surface area contributed by atoms with Gasteiger partial charge in [0.15, 0.2) is 0 Å². The Balaban J connectivity index is 1.85. The van der Waals surface area contributed by atoms with Gasteiger partial charge in [0.05, 0.1) is 24.5 Å². The van der Waals surface area contributed by atoms with Crippen molar-refractivity contribution in [3.63, 3.8) is 0 Å². The lowest BCUT2D eigenvalue weighted by Crippen LogP contribution is -2.40. The van der Waals surface area contributed by atoms with Crippen LogP contribution in [0.5, 0.6) is 0 Å². The maximum atomic E-state index is 13.5. The van der Waals surface area contributed by atoms with Crippen LogP contribution in [0.15, 0.2) is 60.0 Å². The fraction of sp³-hybridized carbons (Fsp3) is 0.370. The predicted molar refractivity (Wildman–Crippen MR) is 155 cm³/mol. The quantitative estimate of drug-likeness (QED) is 0.155. The summed E-state index contributed by atoms with van der Waals surface area (Å²) in [4.78, 5) is 30.8. The molecule has 0 saturated carbocycles. The van der Waals surface area contributed by atoms with Gasteiger partial charge in [-0.2, -0.15) is 8.42 Å². The minimum atomic E-state index is -4.39. The number of esters is 1. The third-order valence-corrected chi connectivity index (χ3v) is 8.42. The molecular formula is C27H33N3O6S3. The number of ether oxygens (including phenoxy) is 1. The molecule has 0 aliphatic rings. The molecule has 0 unspecified atom stereocenters. The number of aromatic nitrogens is 1. The molecule has 0 saturated heterocycles. The van der Waals surface area contributed by atoms with Crippen molar-refractivity contribution in [2.75, 3.05) is 11.8 Å². The van der Waals surface area contributed by atoms with E-state index in [4.69, 9.17) is 14.3 Å². The smallest absolute Gasteiger partial charge is 0.357 e. The van der Waals surface area contributed by atoms with Crippen LogP contribution < -0.4 is 10.0 Å². The van der Waals surface area contributed by atoms with Gasteiger partial charge in [-0.3, -0.25) is 18.9 Å². The zero-order valence-electron chi connectivity index (χ0n) is 22.2. The van der Waals surface area contributed by atoms with Crippen LogP contribution in [-0.4, -0.2) is 41.7 Å². The number of thiazole rings is 1. The molecule has 0 bridgehead atoms. The lowest BCUT2D eigenvalue weighted by molar-refractivity contribution is -0.150. The third kappa shape index (κ3) is 10.3. The minimum absolute atomic E-state index is 0.0719. The van der Waals surface area contributed by atoms with Gasteiger partial charge in [-0.05, 0) is 36.1 Å². The van der Waals surface area contributed by atoms with Crippen molar-refractivity contribution in [3.05, 3.63) is 81.8 Å². The van der Waals surface area contributed by atoms with Gasteiger partial charge in [0.1, 0.15) is 10.9 Å². The van der Waals surface area contributed by atoms with Crippen molar-refractivity contribution in [2.24, 2.45) is 5.92 Å². The van der Waals surface area contributed by atoms with Gasteiger partial charge < -0.3 is 10.1 Å². The number of carbonyl (C=O) groups excluding carboxylic acids is 2. The second-order valence-electron chi connectivity index (χ2n) is 9.87. The summed E-state index contributed by atoms with van der Waals surface area (Å²) in [5.41, 5.74) is 2.49. The second kappa shape index (κ2) is 13.4. The number of nitrogens with one attached hydrogen (secondary N) is 2. The second-order valence-corrected chi connectivity index (χ2v) is 13.8. The number of benzene rings is 2. The van der Waals surface area contributed by atoms with E-state index >= 15 is 0 Å². The first-order valence-electron chi connectivity index (χ1n) is 12.2. The van der Waals surface area contributed by atoms with E-state index in [2.05, 4.69) is 26.1 Å². The normalized spacial score (nSPS) is 13.4. The van der Waals surface area contributed by atoms with Gasteiger partial charge in [0.25, 0.3) is 0 Å². The average Bonchev–Trinajstić information content (AvgIpc) is 3.35. The Labute approximate surface area is 237 Å². The van der Waals surface area contributed by atoms with E-state index < -0.39 is 34.1 Å². The molecule has 1 heterocycles. The summed E-state index contributed by atoms with van der Waals surface area (Å²) in [6.45, 7) is 6.40. The summed E-state index contributed by atoms with van der Waals surface area (Å²) in [6.07, 6.45) is 0.527. The van der Waals surface area contributed by atoms with E-state index in [9.17, 15) is 18.0 Å². The molecule has 0 spiro atoms. The maximum absolute atomic E-state index is 13.5. The van der Waals surface area contributed by atoms with Crippen molar-refractivity contribution in [2.45, 2.75) is 50.2 Å². The van der Waals surface area contributed by atoms with E-state index in [1.54, 1.807) is 23.9 Å². The zero-order chi connectivity index (χ0) is 28.6. The van der Waals surface area contributed by atoms with Crippen molar-refractivity contribution >= 4 is 51.0 Å². The van der Waals surface area contributed by atoms with Gasteiger partial charge in [-0.15, -0.1) is 23.1 Å². The summed E-state index contributed by atoms with van der Waals surface area (Å²) in [6, 6.07) is 15.1. The molecule has 12 heteroatoms. The molecule has 1 amide bonds. The van der Waals surface area contributed by atoms with Gasteiger partial charge in [0.2, 0.25) is 5.91 Å². The Morgan fingerprint density at radius 1 is 1.05 bits per heavy atom. The minimum Gasteiger partial charge on any atom is -0.468 e. The van der Waals surface area contributed by atoms with E-state index in [1.807, 2.05) is 40.4 Å². The highest BCUT2D eigenvalue weighted by Crippen LogP contribution is 2.30. The van der Waals surface area contributed by atoms with Gasteiger partial charge >= 0.3 is 16.3 Å². The highest BCUT2D eigenvalue weighted by atomic mass is 32.2. The number of carbonyl (C=O) groups is 2. The zero-order valence-corrected chi connectivity index (χ0v) is 24.7. The van der Waals surface area contributed by atoms with Crippen LogP contribution >= 0.6 is 23.1 Å². The first kappa shape index (κ1) is 30.6. The molecule has 2 aromatic carbocycles. The van der Waals surface area contributed by atoms with Gasteiger partial charge in [-0.1, -0.05) is 63.2 Å². The van der Waals surface area contributed by atoms with E-state index in [1.165, 1.54) is 30.6 Å². The van der Waals surface area contributed by atoms with Crippen LogP contribution in [0.2, 0.25) is 0 Å². The molecule has 9 nitrogen and oxygen atoms in total. The van der Waals surface area contributed by atoms with Crippen LogP contribution in [0, 0.1) is 5.92 Å². The molecule has 39 heavy (non-hydrogen) atoms. The number of hydrogen-bond donors (Lipinski definition) is 3. The Morgan fingerprint density at radius 3 is 2.28 bits per heavy atom. The first-order valence-corrected chi connectivity index (χ1v) is 15.5. The van der Waals surface area contributed by atoms with Crippen LogP contribution in [0.25, 0.3) is 0 Å². The van der Waals surface area contributed by atoms with Crippen molar-refractivity contribution in [1.82, 2.24) is 10.3 Å². The fourth-order valence-corrected chi connectivity index (χ4v) is 5.84. The highest BCUT2D eigenvalue weighted by molar-refractivity contribution is 7.99. The Bertz CT molecular complexity index is 1350. The number of amides is 1. The summed E-state index contributed by atoms with van der Waals surface area (Å²) >= 11 is 3.28. The molecule has 0 aliphatic carbocycles. The largest absolute Gasteiger partial charge is 0.468 e. The standard InChI is InChI=1S/C27H33N3O6S3/c1-27(2,3)38-17-24-28-23(16-37-24)22(15-19-10-12-20(13-11-19)30-39(33,34)35)29-25(31)21(26(32)36-4)14-18-8-6-5-7-9-18/h5-13,16,21-22,30H,14-15,17H2,1-4H3,(H,29,31)(H,33,34,35)/t21-,22-/m0/s1. The van der Waals surface area contributed by atoms with Gasteiger partial charge in [-0.25, -0.2) is 4.98 Å². The lowest BCUT2D eigenvalue weighted by atomic mass is 9.97. The van der Waals surface area contributed by atoms with Gasteiger partial charge in [0, 0.05) is 15.9 Å². The molecule has 0 aliphatic heterocycles. The number of thioether (sulfide) groups is 1. The van der Waals surface area contributed by atoms with Crippen molar-refractivity contribution in [3.8, 4) is 0 Å². The average molecular weight is 592 g/mol. The first-order chi connectivity index (χ1) is 18.3. The number of anilines is 1. The third-order valence-electron chi connectivity index (χ3n) is 5.60. The molecule has 3 N–H and O–H groups in total. The Morgan fingerprint density at radius 2 is 1.69 bits per heavy atom. The Kier molecular flexibility index (Phi) is 10.5. The van der Waals surface area contributed by atoms with Crippen LogP contribution in [0.3, 0.4) is 0 Å². The predicted octanol–water partition coefficient (Wildman–Crippen LogP) is 4.82. The van der Waals surface area contributed by atoms with Crippen LogP contribution in [0.1, 0.15) is 48.6 Å². The van der Waals surface area contributed by atoms with Crippen LogP contribution in [0.4, 0.5) is 5.69 Å². The number of methoxy groups -OCH3 is 1. The number of hydrogen-bond acceptors (Lipinski definition) is 8. The molecule has 0 radical (unpaired) electrons. The molecule has 3 rings (SSSR count). The topological polar surface area (TPSA) is 135 Å². The summed E-state index contributed by atoms with van der Waals surface area (Å²) in [5, 5.41) is 5.83. The lowest BCUT2D eigenvalue weighted by Gasteiger charge is -2.21. The number of nitrogens with zero attached hydrogens (tertiary/aromatic N) is 1. The highest BCUT2D eigenvalue weighted by Gasteiger charge is 2.31. The van der Waals surface area contributed by atoms with E-state index in [0.717, 1.165) is 21.9 Å². The molecular weight excluding hydrogens is 559 g/mol. The van der Waals surface area contributed by atoms with Crippen molar-refractivity contribution < 1.29 is 27.3 Å². The van der Waals surface area contributed by atoms with Crippen molar-refractivity contribution in [1.29, 1.82) is 0 Å². The molecule has 0 fully saturated rings.